The molecule has 0 aliphatic heterocycles. The molecule has 0 bridgehead atoms. The second-order valence-corrected chi connectivity index (χ2v) is 6.15. The molecule has 1 heterocycles. The fraction of sp³-hybridized carbons (Fsp3) is 0. The molecule has 19 heavy (non-hydrogen) atoms. The number of hydrogen-bond donors (Lipinski definition) is 1. The second kappa shape index (κ2) is 4.79. The summed E-state index contributed by atoms with van der Waals surface area (Å²) in [6, 6.07) is 15.2. The number of hydrogen-bond acceptors (Lipinski definition) is 3. The Morgan fingerprint density at radius 3 is 2.63 bits per heavy atom. The monoisotopic (exact) mass is 331 g/mol. The maximum absolute atomic E-state index is 12.5. The van der Waals surface area contributed by atoms with Crippen LogP contribution >= 0.6 is 27.3 Å². The summed E-state index contributed by atoms with van der Waals surface area (Å²) in [5.41, 5.74) is 6.97. The lowest BCUT2D eigenvalue weighted by Gasteiger charge is -2.02. The van der Waals surface area contributed by atoms with Gasteiger partial charge >= 0.3 is 0 Å². The van der Waals surface area contributed by atoms with Crippen LogP contribution in [0.4, 0.5) is 5.69 Å². The van der Waals surface area contributed by atoms with E-state index in [4.69, 9.17) is 5.73 Å². The summed E-state index contributed by atoms with van der Waals surface area (Å²) in [6.45, 7) is 0. The normalized spacial score (nSPS) is 10.8. The number of nitrogens with two attached hydrogens (primary N) is 1. The zero-order valence-electron chi connectivity index (χ0n) is 9.89. The number of fused-ring (bicyclic) bond motifs is 1. The Balaban J connectivity index is 2.08. The fourth-order valence-corrected chi connectivity index (χ4v) is 3.54. The molecule has 2 nitrogen and oxygen atoms in total. The van der Waals surface area contributed by atoms with E-state index < -0.39 is 0 Å². The van der Waals surface area contributed by atoms with Crippen molar-refractivity contribution in [1.82, 2.24) is 0 Å². The molecule has 0 spiro atoms. The number of carbonyl (C=O) groups excluding carboxylic acids is 1. The van der Waals surface area contributed by atoms with Gasteiger partial charge in [0, 0.05) is 20.4 Å². The van der Waals surface area contributed by atoms with Gasteiger partial charge in [0.1, 0.15) is 0 Å². The number of anilines is 1. The van der Waals surface area contributed by atoms with Crippen molar-refractivity contribution in [3.8, 4) is 0 Å². The molecule has 0 amide bonds. The Morgan fingerprint density at radius 2 is 1.89 bits per heavy atom. The average molecular weight is 332 g/mol. The first-order valence-corrected chi connectivity index (χ1v) is 7.34. The third-order valence-corrected chi connectivity index (χ3v) is 4.66. The van der Waals surface area contributed by atoms with Crippen molar-refractivity contribution in [3.63, 3.8) is 0 Å². The minimum Gasteiger partial charge on any atom is -0.399 e. The molecule has 1 aromatic heterocycles. The highest BCUT2D eigenvalue weighted by Crippen LogP contribution is 2.29. The Hall–Kier alpha value is -1.65. The molecule has 94 valence electrons. The second-order valence-electron chi connectivity index (χ2n) is 4.22. The number of nitrogen functional groups attached to an aromatic ring is 1. The molecular weight excluding hydrogens is 322 g/mol. The quantitative estimate of drug-likeness (QED) is 0.555. The van der Waals surface area contributed by atoms with E-state index in [9.17, 15) is 4.79 Å². The molecule has 0 aliphatic carbocycles. The van der Waals surface area contributed by atoms with Crippen LogP contribution in [0, 0.1) is 0 Å². The van der Waals surface area contributed by atoms with E-state index in [2.05, 4.69) is 15.9 Å². The lowest BCUT2D eigenvalue weighted by atomic mass is 10.1. The highest BCUT2D eigenvalue weighted by molar-refractivity contribution is 9.10. The van der Waals surface area contributed by atoms with Crippen LogP contribution in [0.3, 0.4) is 0 Å². The molecule has 4 heteroatoms. The third-order valence-electron chi connectivity index (χ3n) is 2.89. The Labute approximate surface area is 123 Å². The molecule has 0 unspecified atom stereocenters. The number of halogens is 1. The van der Waals surface area contributed by atoms with Crippen LogP contribution in [0.5, 0.6) is 0 Å². The number of carbonyl (C=O) groups is 1. The first-order chi connectivity index (χ1) is 9.15. The summed E-state index contributed by atoms with van der Waals surface area (Å²) >= 11 is 4.90. The lowest BCUT2D eigenvalue weighted by Crippen LogP contribution is -2.00. The molecule has 2 aromatic carbocycles. The molecule has 3 rings (SSSR count). The summed E-state index contributed by atoms with van der Waals surface area (Å²) in [6.07, 6.45) is 0. The molecule has 2 N–H and O–H groups in total. The summed E-state index contributed by atoms with van der Waals surface area (Å²) in [5.74, 6) is 0.0214. The van der Waals surface area contributed by atoms with E-state index in [1.165, 1.54) is 11.3 Å². The van der Waals surface area contributed by atoms with Gasteiger partial charge in [0.2, 0.25) is 5.78 Å². The van der Waals surface area contributed by atoms with Crippen molar-refractivity contribution in [2.75, 3.05) is 5.73 Å². The predicted octanol–water partition coefficient (Wildman–Crippen LogP) is 4.48. The maximum Gasteiger partial charge on any atom is 0.204 e. The highest BCUT2D eigenvalue weighted by Gasteiger charge is 2.15. The standard InChI is InChI=1S/C15H10BrNOS/c16-12-8-10(17)5-6-11(12)15(18)14-7-9-3-1-2-4-13(9)19-14/h1-8H,17H2. The van der Waals surface area contributed by atoms with Gasteiger partial charge in [0.05, 0.1) is 4.88 Å². The molecule has 0 saturated heterocycles. The number of benzene rings is 2. The number of ketones is 1. The van der Waals surface area contributed by atoms with Gasteiger partial charge in [-0.15, -0.1) is 11.3 Å². The summed E-state index contributed by atoms with van der Waals surface area (Å²) in [4.78, 5) is 13.2. The van der Waals surface area contributed by atoms with E-state index in [-0.39, 0.29) is 5.78 Å². The first kappa shape index (κ1) is 12.4. The molecule has 0 saturated carbocycles. The van der Waals surface area contributed by atoms with Gasteiger partial charge in [-0.2, -0.15) is 0 Å². The van der Waals surface area contributed by atoms with Crippen LogP contribution in [-0.2, 0) is 0 Å². The van der Waals surface area contributed by atoms with E-state index >= 15 is 0 Å². The van der Waals surface area contributed by atoms with Crippen molar-refractivity contribution in [2.24, 2.45) is 0 Å². The third kappa shape index (κ3) is 2.29. The molecule has 0 fully saturated rings. The van der Waals surface area contributed by atoms with E-state index in [1.54, 1.807) is 18.2 Å². The van der Waals surface area contributed by atoms with Crippen LogP contribution in [0.2, 0.25) is 0 Å². The zero-order chi connectivity index (χ0) is 13.4. The van der Waals surface area contributed by atoms with E-state index in [1.807, 2.05) is 30.3 Å². The number of rotatable bonds is 2. The maximum atomic E-state index is 12.5. The van der Waals surface area contributed by atoms with E-state index in [0.29, 0.717) is 11.3 Å². The minimum absolute atomic E-state index is 0.0214. The average Bonchev–Trinajstić information content (AvgIpc) is 2.81. The van der Waals surface area contributed by atoms with Gasteiger partial charge in [0.25, 0.3) is 0 Å². The van der Waals surface area contributed by atoms with Gasteiger partial charge in [-0.1, -0.05) is 18.2 Å². The topological polar surface area (TPSA) is 43.1 Å². The SMILES string of the molecule is Nc1ccc(C(=O)c2cc3ccccc3s2)c(Br)c1. The zero-order valence-corrected chi connectivity index (χ0v) is 12.3. The van der Waals surface area contributed by atoms with Crippen molar-refractivity contribution in [3.05, 3.63) is 63.4 Å². The van der Waals surface area contributed by atoms with Crippen LogP contribution in [-0.4, -0.2) is 5.78 Å². The Kier molecular flexibility index (Phi) is 3.12. The predicted molar refractivity (Wildman–Crippen MR) is 83.8 cm³/mol. The van der Waals surface area contributed by atoms with Gasteiger partial charge in [-0.25, -0.2) is 0 Å². The molecule has 0 atom stereocenters. The molecule has 0 radical (unpaired) electrons. The highest BCUT2D eigenvalue weighted by atomic mass is 79.9. The van der Waals surface area contributed by atoms with Gasteiger partial charge in [-0.3, -0.25) is 4.79 Å². The van der Waals surface area contributed by atoms with Gasteiger partial charge in [0.15, 0.2) is 0 Å². The molecular formula is C15H10BrNOS. The molecule has 0 aliphatic rings. The summed E-state index contributed by atoms with van der Waals surface area (Å²) in [7, 11) is 0. The van der Waals surface area contributed by atoms with Gasteiger partial charge in [-0.05, 0) is 51.6 Å². The minimum atomic E-state index is 0.0214. The van der Waals surface area contributed by atoms with Crippen molar-refractivity contribution < 1.29 is 4.79 Å². The first-order valence-electron chi connectivity index (χ1n) is 5.73. The van der Waals surface area contributed by atoms with Crippen molar-refractivity contribution in [1.29, 1.82) is 0 Å². The van der Waals surface area contributed by atoms with E-state index in [0.717, 1.165) is 19.4 Å². The summed E-state index contributed by atoms with van der Waals surface area (Å²) in [5, 5.41) is 1.10. The molecule has 3 aromatic rings. The summed E-state index contributed by atoms with van der Waals surface area (Å²) < 4.78 is 1.85. The number of thiophene rings is 1. The van der Waals surface area contributed by atoms with Gasteiger partial charge < -0.3 is 5.73 Å². The Morgan fingerprint density at radius 1 is 1.11 bits per heavy atom. The Bertz CT molecular complexity index is 746. The largest absolute Gasteiger partial charge is 0.399 e. The lowest BCUT2D eigenvalue weighted by molar-refractivity contribution is 0.104. The van der Waals surface area contributed by atoms with Crippen LogP contribution in [0.25, 0.3) is 10.1 Å². The smallest absolute Gasteiger partial charge is 0.204 e. The van der Waals surface area contributed by atoms with Crippen LogP contribution < -0.4 is 5.73 Å². The fourth-order valence-electron chi connectivity index (χ4n) is 1.94. The van der Waals surface area contributed by atoms with Crippen LogP contribution in [0.1, 0.15) is 15.2 Å². The van der Waals surface area contributed by atoms with Crippen molar-refractivity contribution >= 4 is 48.8 Å². The van der Waals surface area contributed by atoms with Crippen molar-refractivity contribution in [2.45, 2.75) is 0 Å². The van der Waals surface area contributed by atoms with Crippen LogP contribution in [0.15, 0.2) is 53.0 Å².